The van der Waals surface area contributed by atoms with E-state index in [1.807, 2.05) is 36.7 Å². The Bertz CT molecular complexity index is 491. The number of carbonyl (C=O) groups excluding carboxylic acids is 1. The SMILES string of the molecule is NCc1cccc(C(=O)NCc2cc[nH]c2)c1. The lowest BCUT2D eigenvalue weighted by Gasteiger charge is -2.05. The Hall–Kier alpha value is -2.07. The summed E-state index contributed by atoms with van der Waals surface area (Å²) in [6.07, 6.45) is 3.69. The van der Waals surface area contributed by atoms with E-state index in [2.05, 4.69) is 10.3 Å². The molecule has 0 spiro atoms. The molecule has 1 aromatic carbocycles. The molecule has 0 atom stereocenters. The first kappa shape index (κ1) is 11.4. The van der Waals surface area contributed by atoms with Gasteiger partial charge in [-0.15, -0.1) is 0 Å². The monoisotopic (exact) mass is 229 g/mol. The van der Waals surface area contributed by atoms with E-state index in [9.17, 15) is 4.79 Å². The van der Waals surface area contributed by atoms with Gasteiger partial charge >= 0.3 is 0 Å². The van der Waals surface area contributed by atoms with Crippen molar-refractivity contribution < 1.29 is 4.79 Å². The van der Waals surface area contributed by atoms with Crippen molar-refractivity contribution in [2.45, 2.75) is 13.1 Å². The van der Waals surface area contributed by atoms with Crippen molar-refractivity contribution in [3.63, 3.8) is 0 Å². The lowest BCUT2D eigenvalue weighted by Crippen LogP contribution is -2.22. The van der Waals surface area contributed by atoms with Crippen LogP contribution in [0.3, 0.4) is 0 Å². The number of rotatable bonds is 4. The number of carbonyl (C=O) groups is 1. The molecule has 2 aromatic rings. The maximum Gasteiger partial charge on any atom is 0.251 e. The second kappa shape index (κ2) is 5.32. The third kappa shape index (κ3) is 2.95. The van der Waals surface area contributed by atoms with Gasteiger partial charge in [0.2, 0.25) is 0 Å². The molecule has 0 saturated heterocycles. The molecule has 2 rings (SSSR count). The number of aromatic nitrogens is 1. The van der Waals surface area contributed by atoms with Gasteiger partial charge in [-0.05, 0) is 29.3 Å². The molecule has 4 nitrogen and oxygen atoms in total. The van der Waals surface area contributed by atoms with Crippen molar-refractivity contribution in [1.82, 2.24) is 10.3 Å². The molecule has 17 heavy (non-hydrogen) atoms. The molecule has 1 aromatic heterocycles. The average molecular weight is 229 g/mol. The number of H-pyrrole nitrogens is 1. The van der Waals surface area contributed by atoms with E-state index in [4.69, 9.17) is 5.73 Å². The number of amides is 1. The molecule has 4 N–H and O–H groups in total. The molecule has 0 aliphatic rings. The summed E-state index contributed by atoms with van der Waals surface area (Å²) in [5.74, 6) is -0.0819. The second-order valence-electron chi connectivity index (χ2n) is 3.81. The van der Waals surface area contributed by atoms with Crippen LogP contribution >= 0.6 is 0 Å². The highest BCUT2D eigenvalue weighted by molar-refractivity contribution is 5.94. The highest BCUT2D eigenvalue weighted by Gasteiger charge is 2.05. The third-order valence-electron chi connectivity index (χ3n) is 2.54. The Morgan fingerprint density at radius 3 is 2.88 bits per heavy atom. The number of hydrogen-bond donors (Lipinski definition) is 3. The largest absolute Gasteiger partial charge is 0.367 e. The number of benzene rings is 1. The lowest BCUT2D eigenvalue weighted by atomic mass is 10.1. The quantitative estimate of drug-likeness (QED) is 0.741. The minimum Gasteiger partial charge on any atom is -0.367 e. The van der Waals surface area contributed by atoms with Crippen LogP contribution in [0, 0.1) is 0 Å². The summed E-state index contributed by atoms with van der Waals surface area (Å²) < 4.78 is 0. The Labute approximate surface area is 99.8 Å². The van der Waals surface area contributed by atoms with E-state index in [0.717, 1.165) is 11.1 Å². The van der Waals surface area contributed by atoms with Gasteiger partial charge < -0.3 is 16.0 Å². The molecular formula is C13H15N3O. The second-order valence-corrected chi connectivity index (χ2v) is 3.81. The van der Waals surface area contributed by atoms with Crippen molar-refractivity contribution in [1.29, 1.82) is 0 Å². The minimum absolute atomic E-state index is 0.0819. The van der Waals surface area contributed by atoms with E-state index < -0.39 is 0 Å². The number of hydrogen-bond acceptors (Lipinski definition) is 2. The topological polar surface area (TPSA) is 70.9 Å². The van der Waals surface area contributed by atoms with Gasteiger partial charge in [0.1, 0.15) is 0 Å². The molecule has 1 amide bonds. The molecule has 0 aliphatic heterocycles. The maximum absolute atomic E-state index is 11.8. The molecule has 0 bridgehead atoms. The zero-order valence-electron chi connectivity index (χ0n) is 9.44. The molecule has 0 fully saturated rings. The number of aromatic amines is 1. The van der Waals surface area contributed by atoms with Crippen LogP contribution in [0.4, 0.5) is 0 Å². The predicted octanol–water partition coefficient (Wildman–Crippen LogP) is 1.40. The Balaban J connectivity index is 1.99. The summed E-state index contributed by atoms with van der Waals surface area (Å²) in [6.45, 7) is 0.966. The predicted molar refractivity (Wildman–Crippen MR) is 66.3 cm³/mol. The van der Waals surface area contributed by atoms with Crippen LogP contribution in [0.2, 0.25) is 0 Å². The Morgan fingerprint density at radius 1 is 1.29 bits per heavy atom. The fourth-order valence-corrected chi connectivity index (χ4v) is 1.59. The van der Waals surface area contributed by atoms with Crippen molar-refractivity contribution in [3.05, 3.63) is 59.4 Å². The fourth-order valence-electron chi connectivity index (χ4n) is 1.59. The van der Waals surface area contributed by atoms with E-state index in [1.54, 1.807) is 6.07 Å². The van der Waals surface area contributed by atoms with Crippen LogP contribution in [-0.2, 0) is 13.1 Å². The van der Waals surface area contributed by atoms with Gasteiger partial charge in [0.25, 0.3) is 5.91 Å². The van der Waals surface area contributed by atoms with Crippen molar-refractivity contribution >= 4 is 5.91 Å². The van der Waals surface area contributed by atoms with Crippen LogP contribution in [0.25, 0.3) is 0 Å². The zero-order valence-corrected chi connectivity index (χ0v) is 9.44. The van der Waals surface area contributed by atoms with E-state index >= 15 is 0 Å². The van der Waals surface area contributed by atoms with E-state index in [-0.39, 0.29) is 5.91 Å². The first-order valence-corrected chi connectivity index (χ1v) is 5.48. The van der Waals surface area contributed by atoms with Gasteiger partial charge in [0.05, 0.1) is 0 Å². The van der Waals surface area contributed by atoms with Crippen LogP contribution in [0.1, 0.15) is 21.5 Å². The Kier molecular flexibility index (Phi) is 3.57. The summed E-state index contributed by atoms with van der Waals surface area (Å²) in [7, 11) is 0. The summed E-state index contributed by atoms with van der Waals surface area (Å²) in [4.78, 5) is 14.8. The smallest absolute Gasteiger partial charge is 0.251 e. The third-order valence-corrected chi connectivity index (χ3v) is 2.54. The van der Waals surface area contributed by atoms with Gasteiger partial charge in [-0.2, -0.15) is 0 Å². The molecule has 0 unspecified atom stereocenters. The van der Waals surface area contributed by atoms with Crippen LogP contribution in [0.5, 0.6) is 0 Å². The minimum atomic E-state index is -0.0819. The molecular weight excluding hydrogens is 214 g/mol. The number of nitrogens with two attached hydrogens (primary N) is 1. The van der Waals surface area contributed by atoms with Gasteiger partial charge in [0, 0.05) is 31.0 Å². The van der Waals surface area contributed by atoms with E-state index in [1.165, 1.54) is 0 Å². The molecule has 4 heteroatoms. The van der Waals surface area contributed by atoms with Crippen LogP contribution in [0.15, 0.2) is 42.7 Å². The highest BCUT2D eigenvalue weighted by Crippen LogP contribution is 2.05. The standard InChI is InChI=1S/C13H15N3O/c14-7-10-2-1-3-12(6-10)13(17)16-9-11-4-5-15-8-11/h1-6,8,15H,7,9,14H2,(H,16,17). The van der Waals surface area contributed by atoms with Crippen LogP contribution < -0.4 is 11.1 Å². The molecule has 88 valence electrons. The van der Waals surface area contributed by atoms with Crippen LogP contribution in [-0.4, -0.2) is 10.9 Å². The summed E-state index contributed by atoms with van der Waals surface area (Å²) in [6, 6.07) is 9.27. The number of nitrogens with one attached hydrogen (secondary N) is 2. The molecule has 1 heterocycles. The normalized spacial score (nSPS) is 10.2. The summed E-state index contributed by atoms with van der Waals surface area (Å²) in [5.41, 5.74) is 8.18. The van der Waals surface area contributed by atoms with Crippen molar-refractivity contribution in [2.24, 2.45) is 5.73 Å². The first-order valence-electron chi connectivity index (χ1n) is 5.48. The zero-order chi connectivity index (χ0) is 12.1. The summed E-state index contributed by atoms with van der Waals surface area (Å²) >= 11 is 0. The maximum atomic E-state index is 11.8. The molecule has 0 aliphatic carbocycles. The molecule has 0 saturated carbocycles. The van der Waals surface area contributed by atoms with Gasteiger partial charge in [-0.1, -0.05) is 12.1 Å². The summed E-state index contributed by atoms with van der Waals surface area (Å²) in [5, 5.41) is 2.85. The highest BCUT2D eigenvalue weighted by atomic mass is 16.1. The Morgan fingerprint density at radius 2 is 2.18 bits per heavy atom. The molecule has 0 radical (unpaired) electrons. The fraction of sp³-hybridized carbons (Fsp3) is 0.154. The van der Waals surface area contributed by atoms with E-state index in [0.29, 0.717) is 18.7 Å². The van der Waals surface area contributed by atoms with Gasteiger partial charge in [-0.25, -0.2) is 0 Å². The van der Waals surface area contributed by atoms with Crippen molar-refractivity contribution in [3.8, 4) is 0 Å². The lowest BCUT2D eigenvalue weighted by molar-refractivity contribution is 0.0951. The van der Waals surface area contributed by atoms with Gasteiger partial charge in [0.15, 0.2) is 0 Å². The first-order chi connectivity index (χ1) is 8.29. The average Bonchev–Trinajstić information content (AvgIpc) is 2.89. The van der Waals surface area contributed by atoms with Crippen molar-refractivity contribution in [2.75, 3.05) is 0 Å². The van der Waals surface area contributed by atoms with Gasteiger partial charge in [-0.3, -0.25) is 4.79 Å².